The van der Waals surface area contributed by atoms with Crippen molar-refractivity contribution in [3.05, 3.63) is 35.9 Å². The molecule has 0 spiro atoms. The number of ether oxygens (including phenoxy) is 1. The Labute approximate surface area is 152 Å². The number of hydrogen-bond acceptors (Lipinski definition) is 4. The minimum absolute atomic E-state index is 0.211. The first-order valence-corrected chi connectivity index (χ1v) is 8.63. The zero-order valence-electron chi connectivity index (χ0n) is 14.3. The molecule has 2 N–H and O–H groups in total. The molecule has 0 amide bonds. The molecule has 0 radical (unpaired) electrons. The average molecular weight is 373 g/mol. The van der Waals surface area contributed by atoms with Crippen LogP contribution in [-0.2, 0) is 14.3 Å². The topological polar surface area (TPSA) is 101 Å². The van der Waals surface area contributed by atoms with E-state index in [2.05, 4.69) is 6.92 Å². The monoisotopic (exact) mass is 372 g/mol. The van der Waals surface area contributed by atoms with Crippen molar-refractivity contribution < 1.29 is 29.3 Å². The molecule has 0 saturated carbocycles. The number of unbranched alkanes of at least 4 members (excludes halogenated alkanes) is 5. The maximum atomic E-state index is 10.9. The van der Waals surface area contributed by atoms with Crippen molar-refractivity contribution in [2.24, 2.45) is 0 Å². The SMILES string of the molecule is CCCCCCCCC(OC(=O)Cl)c1ccccc1.O=C(O)C(=O)O. The number of carboxylic acid groups (broad SMARTS) is 2. The maximum absolute atomic E-state index is 10.9. The summed E-state index contributed by atoms with van der Waals surface area (Å²) in [6.45, 7) is 2.21. The predicted octanol–water partition coefficient (Wildman–Crippen LogP) is 5.01. The van der Waals surface area contributed by atoms with Crippen molar-refractivity contribution in [3.63, 3.8) is 0 Å². The molecule has 1 rings (SSSR count). The lowest BCUT2D eigenvalue weighted by Crippen LogP contribution is -2.09. The Morgan fingerprint density at radius 2 is 1.48 bits per heavy atom. The molecule has 25 heavy (non-hydrogen) atoms. The summed E-state index contributed by atoms with van der Waals surface area (Å²) in [4.78, 5) is 29.1. The second-order valence-electron chi connectivity index (χ2n) is 5.42. The second-order valence-corrected chi connectivity index (χ2v) is 5.73. The van der Waals surface area contributed by atoms with E-state index < -0.39 is 17.4 Å². The molecule has 1 atom stereocenters. The van der Waals surface area contributed by atoms with Gasteiger partial charge in [-0.2, -0.15) is 0 Å². The Hall–Kier alpha value is -2.08. The fraction of sp³-hybridized carbons (Fsp3) is 0.500. The summed E-state index contributed by atoms with van der Waals surface area (Å²) in [6, 6.07) is 9.80. The van der Waals surface area contributed by atoms with E-state index >= 15 is 0 Å². The van der Waals surface area contributed by atoms with Gasteiger partial charge in [0.05, 0.1) is 0 Å². The summed E-state index contributed by atoms with van der Waals surface area (Å²) in [6.07, 6.45) is 7.99. The summed E-state index contributed by atoms with van der Waals surface area (Å²) in [5.74, 6) is -3.65. The van der Waals surface area contributed by atoms with Gasteiger partial charge in [0.15, 0.2) is 0 Å². The number of aliphatic carboxylic acids is 2. The molecule has 1 aromatic carbocycles. The van der Waals surface area contributed by atoms with Gasteiger partial charge in [-0.3, -0.25) is 0 Å². The van der Waals surface area contributed by atoms with Crippen LogP contribution in [-0.4, -0.2) is 27.6 Å². The van der Waals surface area contributed by atoms with Gasteiger partial charge in [0, 0.05) is 11.6 Å². The minimum atomic E-state index is -1.82. The van der Waals surface area contributed by atoms with Crippen LogP contribution in [0.5, 0.6) is 0 Å². The maximum Gasteiger partial charge on any atom is 0.414 e. The van der Waals surface area contributed by atoms with Gasteiger partial charge in [-0.15, -0.1) is 0 Å². The van der Waals surface area contributed by atoms with E-state index in [1.165, 1.54) is 32.1 Å². The van der Waals surface area contributed by atoms with Gasteiger partial charge in [-0.05, 0) is 18.4 Å². The predicted molar refractivity (Wildman–Crippen MR) is 94.8 cm³/mol. The lowest BCUT2D eigenvalue weighted by Gasteiger charge is -2.16. The molecule has 0 saturated heterocycles. The lowest BCUT2D eigenvalue weighted by molar-refractivity contribution is -0.159. The lowest BCUT2D eigenvalue weighted by atomic mass is 10.0. The third-order valence-electron chi connectivity index (χ3n) is 3.41. The molecular formula is C18H25ClO6. The summed E-state index contributed by atoms with van der Waals surface area (Å²) in [5, 5.41) is 14.8. The molecule has 0 aliphatic carbocycles. The Bertz CT molecular complexity index is 506. The van der Waals surface area contributed by atoms with Crippen LogP contribution in [0.1, 0.15) is 63.5 Å². The van der Waals surface area contributed by atoms with Crippen molar-refractivity contribution in [2.75, 3.05) is 0 Å². The Morgan fingerprint density at radius 1 is 0.960 bits per heavy atom. The van der Waals surface area contributed by atoms with Crippen LogP contribution < -0.4 is 0 Å². The van der Waals surface area contributed by atoms with Gasteiger partial charge in [0.1, 0.15) is 6.10 Å². The van der Waals surface area contributed by atoms with Gasteiger partial charge >= 0.3 is 17.4 Å². The van der Waals surface area contributed by atoms with Gasteiger partial charge in [0.25, 0.3) is 0 Å². The average Bonchev–Trinajstić information content (AvgIpc) is 2.58. The fourth-order valence-corrected chi connectivity index (χ4v) is 2.29. The molecule has 1 unspecified atom stereocenters. The number of carbonyl (C=O) groups is 3. The standard InChI is InChI=1S/C16H23ClO2.C2H2O4/c1-2-3-4-5-6-10-13-15(19-16(17)18)14-11-8-7-9-12-14;3-1(4)2(5)6/h7-9,11-12,15H,2-6,10,13H2,1H3;(H,3,4)(H,5,6). The Morgan fingerprint density at radius 3 is 1.96 bits per heavy atom. The van der Waals surface area contributed by atoms with Gasteiger partial charge < -0.3 is 14.9 Å². The molecule has 0 aromatic heterocycles. The zero-order chi connectivity index (χ0) is 19.1. The smallest absolute Gasteiger partial charge is 0.414 e. The first-order valence-electron chi connectivity index (χ1n) is 8.25. The number of benzene rings is 1. The minimum Gasteiger partial charge on any atom is -0.473 e. The number of rotatable bonds is 9. The van der Waals surface area contributed by atoms with Crippen molar-refractivity contribution in [1.29, 1.82) is 0 Å². The van der Waals surface area contributed by atoms with Crippen LogP contribution in [0, 0.1) is 0 Å². The molecule has 140 valence electrons. The van der Waals surface area contributed by atoms with Crippen molar-refractivity contribution in [3.8, 4) is 0 Å². The van der Waals surface area contributed by atoms with Crippen LogP contribution in [0.3, 0.4) is 0 Å². The number of carboxylic acids is 2. The number of halogens is 1. The highest BCUT2D eigenvalue weighted by atomic mass is 35.5. The van der Waals surface area contributed by atoms with Crippen LogP contribution in [0.25, 0.3) is 0 Å². The van der Waals surface area contributed by atoms with Crippen LogP contribution in [0.4, 0.5) is 4.79 Å². The molecular weight excluding hydrogens is 348 g/mol. The summed E-state index contributed by atoms with van der Waals surface area (Å²) in [7, 11) is 0. The van der Waals surface area contributed by atoms with Crippen LogP contribution >= 0.6 is 11.6 Å². The van der Waals surface area contributed by atoms with Gasteiger partial charge in [-0.25, -0.2) is 14.4 Å². The first-order chi connectivity index (χ1) is 11.9. The molecule has 0 aliphatic heterocycles. The fourth-order valence-electron chi connectivity index (χ4n) is 2.18. The molecule has 0 bridgehead atoms. The van der Waals surface area contributed by atoms with Gasteiger partial charge in [0.2, 0.25) is 0 Å². The number of carbonyl (C=O) groups excluding carboxylic acids is 1. The zero-order valence-corrected chi connectivity index (χ0v) is 15.1. The van der Waals surface area contributed by atoms with Crippen LogP contribution in [0.15, 0.2) is 30.3 Å². The second kappa shape index (κ2) is 14.3. The molecule has 7 heteroatoms. The Balaban J connectivity index is 0.000000823. The number of hydrogen-bond donors (Lipinski definition) is 2. The van der Waals surface area contributed by atoms with E-state index in [1.54, 1.807) is 0 Å². The molecule has 1 aromatic rings. The molecule has 6 nitrogen and oxygen atoms in total. The quantitative estimate of drug-likeness (QED) is 0.359. The highest BCUT2D eigenvalue weighted by Gasteiger charge is 2.14. The van der Waals surface area contributed by atoms with Crippen LogP contribution in [0.2, 0.25) is 0 Å². The van der Waals surface area contributed by atoms with E-state index in [1.807, 2.05) is 30.3 Å². The van der Waals surface area contributed by atoms with E-state index in [4.69, 9.17) is 36.1 Å². The highest BCUT2D eigenvalue weighted by molar-refractivity contribution is 6.61. The van der Waals surface area contributed by atoms with E-state index in [0.29, 0.717) is 0 Å². The summed E-state index contributed by atoms with van der Waals surface area (Å²) >= 11 is 5.34. The van der Waals surface area contributed by atoms with E-state index in [-0.39, 0.29) is 6.10 Å². The van der Waals surface area contributed by atoms with Gasteiger partial charge in [-0.1, -0.05) is 69.4 Å². The first kappa shape index (κ1) is 22.9. The van der Waals surface area contributed by atoms with Crippen molar-refractivity contribution >= 4 is 29.0 Å². The normalized spacial score (nSPS) is 11.0. The molecule has 0 fully saturated rings. The van der Waals surface area contributed by atoms with Crippen molar-refractivity contribution in [1.82, 2.24) is 0 Å². The van der Waals surface area contributed by atoms with E-state index in [0.717, 1.165) is 18.4 Å². The Kier molecular flexibility index (Phi) is 13.1. The third kappa shape index (κ3) is 12.9. The van der Waals surface area contributed by atoms with E-state index in [9.17, 15) is 4.79 Å². The summed E-state index contributed by atoms with van der Waals surface area (Å²) < 4.78 is 5.19. The third-order valence-corrected chi connectivity index (χ3v) is 3.50. The molecule has 0 aliphatic rings. The largest absolute Gasteiger partial charge is 0.473 e. The molecule has 0 heterocycles. The highest BCUT2D eigenvalue weighted by Crippen LogP contribution is 2.25. The summed E-state index contributed by atoms with van der Waals surface area (Å²) in [5.41, 5.74) is 0.296. The van der Waals surface area contributed by atoms with Crippen molar-refractivity contribution in [2.45, 2.75) is 58.0 Å².